The summed E-state index contributed by atoms with van der Waals surface area (Å²) in [6.07, 6.45) is 48.0. The first-order chi connectivity index (χ1) is 28.4. The molecule has 0 unspecified atom stereocenters. The summed E-state index contributed by atoms with van der Waals surface area (Å²) in [4.78, 5) is 37.9. The molecule has 1 atom stereocenters. The Morgan fingerprint density at radius 1 is 0.328 bits per heavy atom. The Balaban J connectivity index is 4.26. The van der Waals surface area contributed by atoms with E-state index in [1.807, 2.05) is 0 Å². The van der Waals surface area contributed by atoms with E-state index in [4.69, 9.17) is 14.2 Å². The predicted molar refractivity (Wildman–Crippen MR) is 247 cm³/mol. The molecule has 0 amide bonds. The van der Waals surface area contributed by atoms with Crippen LogP contribution in [-0.4, -0.2) is 37.2 Å². The van der Waals surface area contributed by atoms with Gasteiger partial charge in [-0.3, -0.25) is 14.4 Å². The molecular weight excluding hydrogens is 721 g/mol. The van der Waals surface area contributed by atoms with Crippen LogP contribution >= 0.6 is 0 Å². The fourth-order valence-electron chi connectivity index (χ4n) is 7.86. The largest absolute Gasteiger partial charge is 0.462 e. The Labute approximate surface area is 361 Å². The van der Waals surface area contributed by atoms with Gasteiger partial charge in [0.25, 0.3) is 0 Å². The van der Waals surface area contributed by atoms with Crippen LogP contribution < -0.4 is 0 Å². The van der Waals surface area contributed by atoms with Crippen LogP contribution in [0.3, 0.4) is 0 Å². The van der Waals surface area contributed by atoms with E-state index in [1.54, 1.807) is 0 Å². The van der Waals surface area contributed by atoms with E-state index < -0.39 is 6.10 Å². The molecule has 0 radical (unpaired) electrons. The number of esters is 3. The van der Waals surface area contributed by atoms with E-state index in [1.165, 1.54) is 186 Å². The fourth-order valence-corrected chi connectivity index (χ4v) is 7.86. The molecule has 0 aliphatic carbocycles. The molecule has 0 N–H and O–H groups in total. The highest BCUT2D eigenvalue weighted by atomic mass is 16.6. The quantitative estimate of drug-likeness (QED) is 0.0346. The zero-order valence-electron chi connectivity index (χ0n) is 39.5. The minimum absolute atomic E-state index is 0.0628. The average molecular weight is 821 g/mol. The van der Waals surface area contributed by atoms with E-state index in [2.05, 4.69) is 27.7 Å². The second-order valence-electron chi connectivity index (χ2n) is 18.3. The molecule has 0 aromatic rings. The summed E-state index contributed by atoms with van der Waals surface area (Å²) < 4.78 is 16.8. The first-order valence-electron chi connectivity index (χ1n) is 25.9. The molecule has 6 heteroatoms. The van der Waals surface area contributed by atoms with Gasteiger partial charge >= 0.3 is 17.9 Å². The number of ether oxygens (including phenoxy) is 3. The molecule has 0 saturated heterocycles. The first kappa shape index (κ1) is 56.4. The van der Waals surface area contributed by atoms with Crippen molar-refractivity contribution in [3.63, 3.8) is 0 Å². The topological polar surface area (TPSA) is 78.9 Å². The highest BCUT2D eigenvalue weighted by Crippen LogP contribution is 2.17. The van der Waals surface area contributed by atoms with E-state index in [0.29, 0.717) is 19.3 Å². The van der Waals surface area contributed by atoms with Crippen molar-refractivity contribution < 1.29 is 28.6 Å². The van der Waals surface area contributed by atoms with Crippen LogP contribution in [0.25, 0.3) is 0 Å². The van der Waals surface area contributed by atoms with Gasteiger partial charge < -0.3 is 14.2 Å². The van der Waals surface area contributed by atoms with Crippen LogP contribution in [0.4, 0.5) is 0 Å². The van der Waals surface area contributed by atoms with Crippen molar-refractivity contribution in [1.82, 2.24) is 0 Å². The molecule has 0 bridgehead atoms. The molecular formula is C52H100O6. The van der Waals surface area contributed by atoms with E-state index >= 15 is 0 Å². The van der Waals surface area contributed by atoms with Gasteiger partial charge in [0.2, 0.25) is 0 Å². The molecule has 0 aliphatic heterocycles. The Kier molecular flexibility index (Phi) is 45.2. The smallest absolute Gasteiger partial charge is 0.306 e. The van der Waals surface area contributed by atoms with Crippen LogP contribution in [0, 0.1) is 5.92 Å². The van der Waals surface area contributed by atoms with Crippen LogP contribution in [0.15, 0.2) is 0 Å². The minimum Gasteiger partial charge on any atom is -0.462 e. The van der Waals surface area contributed by atoms with Crippen LogP contribution in [-0.2, 0) is 28.6 Å². The Bertz CT molecular complexity index is 872. The van der Waals surface area contributed by atoms with Crippen molar-refractivity contribution in [2.24, 2.45) is 5.92 Å². The number of hydrogen-bond donors (Lipinski definition) is 0. The maximum atomic E-state index is 12.8. The Hall–Kier alpha value is -1.59. The number of unbranched alkanes of at least 4 members (excludes halogenated alkanes) is 34. The fraction of sp³-hybridized carbons (Fsp3) is 0.942. The third kappa shape index (κ3) is 45.5. The minimum atomic E-state index is -0.760. The summed E-state index contributed by atoms with van der Waals surface area (Å²) in [6.45, 7) is 9.02. The molecule has 0 aromatic heterocycles. The summed E-state index contributed by atoms with van der Waals surface area (Å²) in [5.74, 6) is -0.00662. The molecule has 58 heavy (non-hydrogen) atoms. The molecule has 344 valence electrons. The molecule has 0 spiro atoms. The van der Waals surface area contributed by atoms with Gasteiger partial charge in [-0.25, -0.2) is 0 Å². The number of carbonyl (C=O) groups excluding carboxylic acids is 3. The maximum Gasteiger partial charge on any atom is 0.306 e. The molecule has 0 aliphatic rings. The summed E-state index contributed by atoms with van der Waals surface area (Å²) in [6, 6.07) is 0. The van der Waals surface area contributed by atoms with Gasteiger partial charge in [0, 0.05) is 19.3 Å². The lowest BCUT2D eigenvalue weighted by Crippen LogP contribution is -2.30. The van der Waals surface area contributed by atoms with Crippen molar-refractivity contribution in [2.45, 2.75) is 297 Å². The second-order valence-corrected chi connectivity index (χ2v) is 18.3. The molecule has 6 nitrogen and oxygen atoms in total. The van der Waals surface area contributed by atoms with Gasteiger partial charge in [-0.1, -0.05) is 252 Å². The van der Waals surface area contributed by atoms with Crippen molar-refractivity contribution in [2.75, 3.05) is 13.2 Å². The molecule has 0 fully saturated rings. The van der Waals surface area contributed by atoms with Crippen molar-refractivity contribution in [3.8, 4) is 0 Å². The third-order valence-electron chi connectivity index (χ3n) is 11.8. The van der Waals surface area contributed by atoms with Crippen LogP contribution in [0.1, 0.15) is 291 Å². The van der Waals surface area contributed by atoms with Gasteiger partial charge in [0.15, 0.2) is 6.10 Å². The third-order valence-corrected chi connectivity index (χ3v) is 11.8. The summed E-state index contributed by atoms with van der Waals surface area (Å²) in [5.41, 5.74) is 0. The average Bonchev–Trinajstić information content (AvgIpc) is 3.21. The normalized spacial score (nSPS) is 11.9. The Morgan fingerprint density at radius 3 is 0.845 bits per heavy atom. The highest BCUT2D eigenvalue weighted by molar-refractivity contribution is 5.71. The van der Waals surface area contributed by atoms with E-state index in [9.17, 15) is 14.4 Å². The summed E-state index contributed by atoms with van der Waals surface area (Å²) >= 11 is 0. The number of carbonyl (C=O) groups is 3. The van der Waals surface area contributed by atoms with Crippen molar-refractivity contribution >= 4 is 17.9 Å². The van der Waals surface area contributed by atoms with E-state index in [-0.39, 0.29) is 31.1 Å². The SMILES string of the molecule is CCCCCCCCCCCCCCCCCC(=O)O[C@@H](COC(=O)CCCCCCCCCCC)COC(=O)CCCCCCCCCCCCCCCC(C)C. The molecule has 0 saturated carbocycles. The number of hydrogen-bond acceptors (Lipinski definition) is 6. The predicted octanol–water partition coefficient (Wildman–Crippen LogP) is 16.7. The summed E-state index contributed by atoms with van der Waals surface area (Å²) in [5, 5.41) is 0. The Morgan fingerprint density at radius 2 is 0.569 bits per heavy atom. The van der Waals surface area contributed by atoms with Crippen LogP contribution in [0.2, 0.25) is 0 Å². The molecule has 0 rings (SSSR count). The lowest BCUT2D eigenvalue weighted by atomic mass is 10.0. The highest BCUT2D eigenvalue weighted by Gasteiger charge is 2.19. The molecule has 0 aromatic carbocycles. The van der Waals surface area contributed by atoms with E-state index in [0.717, 1.165) is 63.7 Å². The van der Waals surface area contributed by atoms with Gasteiger partial charge in [-0.2, -0.15) is 0 Å². The van der Waals surface area contributed by atoms with Crippen LogP contribution in [0.5, 0.6) is 0 Å². The van der Waals surface area contributed by atoms with Gasteiger partial charge in [-0.05, 0) is 25.2 Å². The standard InChI is InChI=1S/C52H100O6/c1-5-7-9-11-13-15-16-17-18-21-25-29-33-37-41-45-52(55)58-49(46-56-50(53)43-39-35-31-26-14-12-10-8-6-2)47-57-51(54)44-40-36-32-28-24-22-19-20-23-27-30-34-38-42-48(3)4/h48-49H,5-47H2,1-4H3/t49-/m0/s1. The second kappa shape index (κ2) is 46.5. The maximum absolute atomic E-state index is 12.8. The van der Waals surface area contributed by atoms with Gasteiger partial charge in [0.1, 0.15) is 13.2 Å². The lowest BCUT2D eigenvalue weighted by molar-refractivity contribution is -0.167. The zero-order chi connectivity index (χ0) is 42.4. The van der Waals surface area contributed by atoms with Crippen molar-refractivity contribution in [1.29, 1.82) is 0 Å². The van der Waals surface area contributed by atoms with Gasteiger partial charge in [0.05, 0.1) is 0 Å². The lowest BCUT2D eigenvalue weighted by Gasteiger charge is -2.18. The first-order valence-corrected chi connectivity index (χ1v) is 25.9. The zero-order valence-corrected chi connectivity index (χ0v) is 39.5. The molecule has 0 heterocycles. The summed E-state index contributed by atoms with van der Waals surface area (Å²) in [7, 11) is 0. The number of rotatable bonds is 47. The van der Waals surface area contributed by atoms with Crippen molar-refractivity contribution in [3.05, 3.63) is 0 Å². The van der Waals surface area contributed by atoms with Gasteiger partial charge in [-0.15, -0.1) is 0 Å². The monoisotopic (exact) mass is 821 g/mol.